The average molecular weight is 545 g/mol. The Hall–Kier alpha value is -3.68. The summed E-state index contributed by atoms with van der Waals surface area (Å²) < 4.78 is 6.42. The first-order valence-electron chi connectivity index (χ1n) is 12.7. The van der Waals surface area contributed by atoms with Crippen LogP contribution in [0.1, 0.15) is 48.0 Å². The van der Waals surface area contributed by atoms with Crippen LogP contribution in [0.25, 0.3) is 11.3 Å². The molecule has 1 fully saturated rings. The standard InChI is InChI=1S/C30H29ClN4O2S/c1-3-20-8-4-5-9-23(20)33-27(36)15-17-35-29(28(34-30(35)38)24-10-6-7-16-32-24)26-14-13-25(37-26)22-18-21(31)12-11-19(22)2/h4-14,16,18,28-29H,3,15,17H2,1-2H3,(H,33,36)(H,34,38)/t28-,29+/m0/s1. The third-order valence-electron chi connectivity index (χ3n) is 6.83. The van der Waals surface area contributed by atoms with E-state index in [1.807, 2.05) is 84.6 Å². The summed E-state index contributed by atoms with van der Waals surface area (Å²) in [5.74, 6) is 1.40. The van der Waals surface area contributed by atoms with Crippen LogP contribution in [0.5, 0.6) is 0 Å². The number of benzene rings is 2. The minimum atomic E-state index is -0.277. The number of halogens is 1. The second kappa shape index (κ2) is 11.4. The molecule has 1 amide bonds. The Kier molecular flexibility index (Phi) is 7.77. The first-order valence-corrected chi connectivity index (χ1v) is 13.4. The molecule has 2 aromatic heterocycles. The molecule has 4 aromatic rings. The number of nitrogens with one attached hydrogen (secondary N) is 2. The summed E-state index contributed by atoms with van der Waals surface area (Å²) in [4.78, 5) is 19.5. The van der Waals surface area contributed by atoms with Crippen molar-refractivity contribution in [3.05, 3.63) is 107 Å². The van der Waals surface area contributed by atoms with Crippen molar-refractivity contribution >= 4 is 40.5 Å². The van der Waals surface area contributed by atoms with Gasteiger partial charge in [-0.15, -0.1) is 0 Å². The van der Waals surface area contributed by atoms with E-state index >= 15 is 0 Å². The number of rotatable bonds is 8. The largest absolute Gasteiger partial charge is 0.459 e. The number of hydrogen-bond acceptors (Lipinski definition) is 4. The Morgan fingerprint density at radius 3 is 2.74 bits per heavy atom. The number of carbonyl (C=O) groups is 1. The number of thiocarbonyl (C=S) groups is 1. The van der Waals surface area contributed by atoms with Crippen LogP contribution in [0.3, 0.4) is 0 Å². The molecule has 3 heterocycles. The molecule has 2 atom stereocenters. The van der Waals surface area contributed by atoms with E-state index in [0.29, 0.717) is 16.7 Å². The molecular weight excluding hydrogens is 516 g/mol. The van der Waals surface area contributed by atoms with Gasteiger partial charge >= 0.3 is 0 Å². The van der Waals surface area contributed by atoms with Crippen LogP contribution in [0.2, 0.25) is 5.02 Å². The van der Waals surface area contributed by atoms with Gasteiger partial charge in [-0.2, -0.15) is 0 Å². The quantitative estimate of drug-likeness (QED) is 0.236. The molecule has 1 aliphatic rings. The van der Waals surface area contributed by atoms with Crippen molar-refractivity contribution in [2.75, 3.05) is 11.9 Å². The van der Waals surface area contributed by atoms with Gasteiger partial charge in [0.1, 0.15) is 17.6 Å². The maximum absolute atomic E-state index is 12.9. The number of hydrogen-bond donors (Lipinski definition) is 2. The maximum Gasteiger partial charge on any atom is 0.226 e. The molecule has 0 aliphatic carbocycles. The van der Waals surface area contributed by atoms with Gasteiger partial charge in [0.05, 0.1) is 11.7 Å². The highest BCUT2D eigenvalue weighted by Gasteiger charge is 2.41. The fraction of sp³-hybridized carbons (Fsp3) is 0.233. The number of carbonyl (C=O) groups excluding carboxylic acids is 1. The van der Waals surface area contributed by atoms with Gasteiger partial charge in [0.25, 0.3) is 0 Å². The lowest BCUT2D eigenvalue weighted by Gasteiger charge is -2.26. The van der Waals surface area contributed by atoms with Gasteiger partial charge < -0.3 is 20.0 Å². The Bertz CT molecular complexity index is 1460. The highest BCUT2D eigenvalue weighted by molar-refractivity contribution is 7.80. The molecule has 5 rings (SSSR count). The Labute approximate surface area is 233 Å². The zero-order valence-corrected chi connectivity index (χ0v) is 22.9. The monoisotopic (exact) mass is 544 g/mol. The molecule has 0 bridgehead atoms. The average Bonchev–Trinajstić information content (AvgIpc) is 3.54. The van der Waals surface area contributed by atoms with Gasteiger partial charge in [0.2, 0.25) is 5.91 Å². The molecule has 6 nitrogen and oxygen atoms in total. The van der Waals surface area contributed by atoms with Crippen LogP contribution in [-0.2, 0) is 11.2 Å². The number of anilines is 1. The fourth-order valence-corrected chi connectivity index (χ4v) is 5.36. The summed E-state index contributed by atoms with van der Waals surface area (Å²) in [6.07, 6.45) is 2.88. The topological polar surface area (TPSA) is 70.4 Å². The zero-order valence-electron chi connectivity index (χ0n) is 21.3. The van der Waals surface area contributed by atoms with Crippen molar-refractivity contribution in [1.29, 1.82) is 0 Å². The van der Waals surface area contributed by atoms with E-state index in [0.717, 1.165) is 46.0 Å². The molecule has 8 heteroatoms. The van der Waals surface area contributed by atoms with Crippen LogP contribution in [-0.4, -0.2) is 27.4 Å². The van der Waals surface area contributed by atoms with Gasteiger partial charge in [-0.25, -0.2) is 0 Å². The van der Waals surface area contributed by atoms with E-state index in [2.05, 4.69) is 22.5 Å². The van der Waals surface area contributed by atoms with Crippen molar-refractivity contribution in [1.82, 2.24) is 15.2 Å². The maximum atomic E-state index is 12.9. The Balaban J connectivity index is 1.41. The number of pyridine rings is 1. The normalized spacial score (nSPS) is 16.9. The van der Waals surface area contributed by atoms with Crippen LogP contribution in [0.15, 0.2) is 83.4 Å². The summed E-state index contributed by atoms with van der Waals surface area (Å²) in [6.45, 7) is 4.52. The summed E-state index contributed by atoms with van der Waals surface area (Å²) in [5, 5.41) is 7.68. The summed E-state index contributed by atoms with van der Waals surface area (Å²) >= 11 is 12.0. The number of aryl methyl sites for hydroxylation is 2. The lowest BCUT2D eigenvalue weighted by molar-refractivity contribution is -0.116. The minimum Gasteiger partial charge on any atom is -0.459 e. The summed E-state index contributed by atoms with van der Waals surface area (Å²) in [6, 6.07) is 22.8. The SMILES string of the molecule is CCc1ccccc1NC(=O)CCN1C(=S)N[C@@H](c2ccccn2)[C@H]1c1ccc(-c2cc(Cl)ccc2C)o1. The van der Waals surface area contributed by atoms with Gasteiger partial charge in [0.15, 0.2) is 5.11 Å². The lowest BCUT2D eigenvalue weighted by Crippen LogP contribution is -2.32. The van der Waals surface area contributed by atoms with E-state index in [1.54, 1.807) is 6.20 Å². The van der Waals surface area contributed by atoms with E-state index in [1.165, 1.54) is 0 Å². The van der Waals surface area contributed by atoms with Crippen molar-refractivity contribution in [3.8, 4) is 11.3 Å². The number of furan rings is 1. The van der Waals surface area contributed by atoms with Crippen LogP contribution in [0.4, 0.5) is 5.69 Å². The second-order valence-electron chi connectivity index (χ2n) is 9.29. The van der Waals surface area contributed by atoms with Crippen molar-refractivity contribution in [2.45, 2.75) is 38.8 Å². The molecule has 2 aromatic carbocycles. The highest BCUT2D eigenvalue weighted by atomic mass is 35.5. The molecule has 0 saturated carbocycles. The molecule has 1 saturated heterocycles. The smallest absolute Gasteiger partial charge is 0.226 e. The van der Waals surface area contributed by atoms with Gasteiger partial charge in [0, 0.05) is 35.4 Å². The second-order valence-corrected chi connectivity index (χ2v) is 10.1. The lowest BCUT2D eigenvalue weighted by atomic mass is 10.0. The first kappa shape index (κ1) is 25.9. The first-order chi connectivity index (χ1) is 18.4. The van der Waals surface area contributed by atoms with E-state index in [4.69, 9.17) is 28.2 Å². The van der Waals surface area contributed by atoms with Gasteiger partial charge in [-0.3, -0.25) is 9.78 Å². The number of aromatic nitrogens is 1. The molecule has 0 spiro atoms. The van der Waals surface area contributed by atoms with Crippen LogP contribution >= 0.6 is 23.8 Å². The van der Waals surface area contributed by atoms with Crippen molar-refractivity contribution in [2.24, 2.45) is 0 Å². The zero-order chi connectivity index (χ0) is 26.6. The van der Waals surface area contributed by atoms with Gasteiger partial charge in [-0.05, 0) is 79.2 Å². The summed E-state index contributed by atoms with van der Waals surface area (Å²) in [7, 11) is 0. The van der Waals surface area contributed by atoms with E-state index in [-0.39, 0.29) is 24.4 Å². The van der Waals surface area contributed by atoms with Crippen LogP contribution < -0.4 is 10.6 Å². The predicted octanol–water partition coefficient (Wildman–Crippen LogP) is 6.87. The summed E-state index contributed by atoms with van der Waals surface area (Å²) in [5.41, 5.74) is 4.80. The minimum absolute atomic E-state index is 0.0663. The highest BCUT2D eigenvalue weighted by Crippen LogP contribution is 2.41. The molecule has 0 radical (unpaired) electrons. The van der Waals surface area contributed by atoms with Gasteiger partial charge in [-0.1, -0.05) is 48.9 Å². The Morgan fingerprint density at radius 2 is 1.95 bits per heavy atom. The van der Waals surface area contributed by atoms with E-state index < -0.39 is 0 Å². The molecule has 194 valence electrons. The number of amides is 1. The molecule has 2 N–H and O–H groups in total. The molecule has 38 heavy (non-hydrogen) atoms. The molecule has 1 aliphatic heterocycles. The molecular formula is C30H29ClN4O2S. The van der Waals surface area contributed by atoms with E-state index in [9.17, 15) is 4.79 Å². The number of nitrogens with zero attached hydrogens (tertiary/aromatic N) is 2. The predicted molar refractivity (Wildman–Crippen MR) is 155 cm³/mol. The Morgan fingerprint density at radius 1 is 1.13 bits per heavy atom. The number of para-hydroxylation sites is 1. The van der Waals surface area contributed by atoms with Crippen molar-refractivity contribution < 1.29 is 9.21 Å². The van der Waals surface area contributed by atoms with Crippen molar-refractivity contribution in [3.63, 3.8) is 0 Å². The fourth-order valence-electron chi connectivity index (χ4n) is 4.86. The van der Waals surface area contributed by atoms with Crippen LogP contribution in [0, 0.1) is 6.92 Å². The third kappa shape index (κ3) is 5.44. The third-order valence-corrected chi connectivity index (χ3v) is 7.42. The molecule has 0 unspecified atom stereocenters.